The van der Waals surface area contributed by atoms with Crippen LogP contribution in [0.2, 0.25) is 0 Å². The van der Waals surface area contributed by atoms with Gasteiger partial charge in [-0.1, -0.05) is 56.3 Å². The Labute approximate surface area is 125 Å². The van der Waals surface area contributed by atoms with E-state index in [2.05, 4.69) is 0 Å². The molecule has 0 heterocycles. The number of aliphatic carboxylic acids is 2. The number of rotatable bonds is 8. The molecule has 0 aliphatic rings. The minimum atomic E-state index is -0.941. The van der Waals surface area contributed by atoms with E-state index in [1.165, 1.54) is 12.2 Å². The Morgan fingerprint density at radius 2 is 1.52 bits per heavy atom. The SMILES string of the molecule is CC(C)C[C@@H](C=C[C@H](Cc1ccccc1)C(=O)O)C(=O)O. The topological polar surface area (TPSA) is 74.6 Å². The number of carboxylic acids is 2. The molecule has 1 aromatic carbocycles. The van der Waals surface area contributed by atoms with Crippen LogP contribution in [-0.4, -0.2) is 22.2 Å². The molecule has 4 nitrogen and oxygen atoms in total. The zero-order chi connectivity index (χ0) is 15.8. The highest BCUT2D eigenvalue weighted by atomic mass is 16.4. The first-order valence-electron chi connectivity index (χ1n) is 7.08. The van der Waals surface area contributed by atoms with Crippen molar-refractivity contribution in [2.75, 3.05) is 0 Å². The van der Waals surface area contributed by atoms with Gasteiger partial charge >= 0.3 is 11.9 Å². The number of carboxylic acid groups (broad SMARTS) is 2. The highest BCUT2D eigenvalue weighted by Crippen LogP contribution is 2.17. The van der Waals surface area contributed by atoms with Gasteiger partial charge in [0.25, 0.3) is 0 Å². The number of benzene rings is 1. The Hall–Kier alpha value is -2.10. The molecular formula is C17H22O4. The van der Waals surface area contributed by atoms with Crippen molar-refractivity contribution < 1.29 is 19.8 Å². The average molecular weight is 290 g/mol. The van der Waals surface area contributed by atoms with Gasteiger partial charge in [-0.05, 0) is 24.3 Å². The van der Waals surface area contributed by atoms with Gasteiger partial charge in [0.2, 0.25) is 0 Å². The highest BCUT2D eigenvalue weighted by Gasteiger charge is 2.19. The Morgan fingerprint density at radius 3 is 2.00 bits per heavy atom. The molecule has 0 saturated heterocycles. The zero-order valence-corrected chi connectivity index (χ0v) is 12.4. The van der Waals surface area contributed by atoms with Gasteiger partial charge in [0.1, 0.15) is 0 Å². The smallest absolute Gasteiger partial charge is 0.310 e. The van der Waals surface area contributed by atoms with E-state index in [0.29, 0.717) is 12.8 Å². The van der Waals surface area contributed by atoms with Crippen LogP contribution in [0.25, 0.3) is 0 Å². The minimum Gasteiger partial charge on any atom is -0.481 e. The summed E-state index contributed by atoms with van der Waals surface area (Å²) in [6.45, 7) is 3.89. The van der Waals surface area contributed by atoms with Crippen LogP contribution in [0.4, 0.5) is 0 Å². The molecule has 0 unspecified atom stereocenters. The van der Waals surface area contributed by atoms with Gasteiger partial charge in [-0.25, -0.2) is 0 Å². The predicted molar refractivity (Wildman–Crippen MR) is 81.0 cm³/mol. The summed E-state index contributed by atoms with van der Waals surface area (Å²) in [7, 11) is 0. The fourth-order valence-corrected chi connectivity index (χ4v) is 2.14. The van der Waals surface area contributed by atoms with Gasteiger partial charge in [0, 0.05) is 0 Å². The van der Waals surface area contributed by atoms with Gasteiger partial charge < -0.3 is 10.2 Å². The molecule has 0 aliphatic carbocycles. The van der Waals surface area contributed by atoms with Crippen molar-refractivity contribution in [3.63, 3.8) is 0 Å². The van der Waals surface area contributed by atoms with Crippen LogP contribution in [0.3, 0.4) is 0 Å². The number of hydrogen-bond donors (Lipinski definition) is 2. The minimum absolute atomic E-state index is 0.244. The number of carbonyl (C=O) groups is 2. The fourth-order valence-electron chi connectivity index (χ4n) is 2.14. The second-order valence-corrected chi connectivity index (χ2v) is 5.59. The molecule has 0 bridgehead atoms. The second-order valence-electron chi connectivity index (χ2n) is 5.59. The normalized spacial score (nSPS) is 14.2. The summed E-state index contributed by atoms with van der Waals surface area (Å²) in [6.07, 6.45) is 3.89. The molecule has 0 spiro atoms. The summed E-state index contributed by atoms with van der Waals surface area (Å²) >= 11 is 0. The molecule has 1 rings (SSSR count). The van der Waals surface area contributed by atoms with Gasteiger partial charge in [-0.3, -0.25) is 9.59 Å². The van der Waals surface area contributed by atoms with Crippen LogP contribution in [0.1, 0.15) is 25.8 Å². The summed E-state index contributed by atoms with van der Waals surface area (Å²) in [5, 5.41) is 18.4. The van der Waals surface area contributed by atoms with Gasteiger partial charge in [0.05, 0.1) is 11.8 Å². The first-order valence-corrected chi connectivity index (χ1v) is 7.08. The maximum atomic E-state index is 11.3. The van der Waals surface area contributed by atoms with E-state index in [1.807, 2.05) is 44.2 Å². The highest BCUT2D eigenvalue weighted by molar-refractivity contribution is 5.74. The second kappa shape index (κ2) is 8.25. The van der Waals surface area contributed by atoms with Crippen molar-refractivity contribution in [3.05, 3.63) is 48.0 Å². The van der Waals surface area contributed by atoms with E-state index in [-0.39, 0.29) is 5.92 Å². The largest absolute Gasteiger partial charge is 0.481 e. The molecule has 1 aromatic rings. The molecule has 0 fully saturated rings. The molecule has 21 heavy (non-hydrogen) atoms. The molecule has 0 radical (unpaired) electrons. The van der Waals surface area contributed by atoms with Crippen molar-refractivity contribution in [2.24, 2.45) is 17.8 Å². The van der Waals surface area contributed by atoms with Crippen molar-refractivity contribution >= 4 is 11.9 Å². The van der Waals surface area contributed by atoms with Crippen molar-refractivity contribution in [3.8, 4) is 0 Å². The molecule has 2 atom stereocenters. The third kappa shape index (κ3) is 6.25. The third-order valence-electron chi connectivity index (χ3n) is 3.23. The molecule has 4 heteroatoms. The molecule has 0 aromatic heterocycles. The van der Waals surface area contributed by atoms with E-state index in [4.69, 9.17) is 5.11 Å². The maximum Gasteiger partial charge on any atom is 0.310 e. The Kier molecular flexibility index (Phi) is 6.66. The Balaban J connectivity index is 2.79. The Bertz CT molecular complexity index is 491. The van der Waals surface area contributed by atoms with Gasteiger partial charge in [-0.15, -0.1) is 0 Å². The molecule has 0 saturated carbocycles. The quantitative estimate of drug-likeness (QED) is 0.721. The summed E-state index contributed by atoms with van der Waals surface area (Å²) in [5.41, 5.74) is 0.922. The van der Waals surface area contributed by atoms with Crippen LogP contribution < -0.4 is 0 Å². The van der Waals surface area contributed by atoms with E-state index in [9.17, 15) is 14.7 Å². The summed E-state index contributed by atoms with van der Waals surface area (Å²) in [4.78, 5) is 22.5. The van der Waals surface area contributed by atoms with E-state index < -0.39 is 23.8 Å². The first kappa shape index (κ1) is 17.0. The van der Waals surface area contributed by atoms with Gasteiger partial charge in [-0.2, -0.15) is 0 Å². The first-order chi connectivity index (χ1) is 9.90. The van der Waals surface area contributed by atoms with Crippen molar-refractivity contribution in [2.45, 2.75) is 26.7 Å². The molecule has 0 amide bonds. The molecule has 2 N–H and O–H groups in total. The van der Waals surface area contributed by atoms with Crippen LogP contribution in [0.15, 0.2) is 42.5 Å². The van der Waals surface area contributed by atoms with Crippen LogP contribution in [0, 0.1) is 17.8 Å². The molecule has 114 valence electrons. The van der Waals surface area contributed by atoms with E-state index in [0.717, 1.165) is 5.56 Å². The maximum absolute atomic E-state index is 11.3. The lowest BCUT2D eigenvalue weighted by Gasteiger charge is -2.12. The average Bonchev–Trinajstić information content (AvgIpc) is 2.42. The molecular weight excluding hydrogens is 268 g/mol. The lowest BCUT2D eigenvalue weighted by Crippen LogP contribution is -2.17. The van der Waals surface area contributed by atoms with Crippen LogP contribution in [-0.2, 0) is 16.0 Å². The fraction of sp³-hybridized carbons (Fsp3) is 0.412. The zero-order valence-electron chi connectivity index (χ0n) is 12.4. The summed E-state index contributed by atoms with van der Waals surface area (Å²) in [6, 6.07) is 9.32. The Morgan fingerprint density at radius 1 is 1.00 bits per heavy atom. The van der Waals surface area contributed by atoms with E-state index >= 15 is 0 Å². The third-order valence-corrected chi connectivity index (χ3v) is 3.23. The van der Waals surface area contributed by atoms with Crippen molar-refractivity contribution in [1.82, 2.24) is 0 Å². The lowest BCUT2D eigenvalue weighted by atomic mass is 9.93. The summed E-state index contributed by atoms with van der Waals surface area (Å²) in [5.74, 6) is -2.95. The standard InChI is InChI=1S/C17H22O4/c1-12(2)10-14(16(18)19)8-9-15(17(20)21)11-13-6-4-3-5-7-13/h3-9,12,14-15H,10-11H2,1-2H3,(H,18,19)(H,20,21)/t14-,15-/m1/s1. The summed E-state index contributed by atoms with van der Waals surface area (Å²) < 4.78 is 0. The van der Waals surface area contributed by atoms with Crippen molar-refractivity contribution in [1.29, 1.82) is 0 Å². The van der Waals surface area contributed by atoms with E-state index in [1.54, 1.807) is 0 Å². The monoisotopic (exact) mass is 290 g/mol. The lowest BCUT2D eigenvalue weighted by molar-refractivity contribution is -0.141. The number of hydrogen-bond acceptors (Lipinski definition) is 2. The predicted octanol–water partition coefficient (Wildman–Crippen LogP) is 3.23. The van der Waals surface area contributed by atoms with Crippen LogP contribution >= 0.6 is 0 Å². The van der Waals surface area contributed by atoms with Crippen LogP contribution in [0.5, 0.6) is 0 Å². The van der Waals surface area contributed by atoms with Gasteiger partial charge in [0.15, 0.2) is 0 Å². The molecule has 0 aliphatic heterocycles.